The molecule has 1 atom stereocenters. The van der Waals surface area contributed by atoms with Crippen molar-refractivity contribution in [1.29, 1.82) is 0 Å². The lowest BCUT2D eigenvalue weighted by molar-refractivity contribution is -0.153. The van der Waals surface area contributed by atoms with Crippen LogP contribution in [0.15, 0.2) is 30.9 Å². The van der Waals surface area contributed by atoms with Crippen LogP contribution < -0.4 is 4.74 Å². The number of hydrogen-bond donors (Lipinski definition) is 0. The minimum atomic E-state index is -0.649. The van der Waals surface area contributed by atoms with Gasteiger partial charge in [-0.1, -0.05) is 12.1 Å². The van der Waals surface area contributed by atoms with Gasteiger partial charge in [0.05, 0.1) is 12.5 Å². The Hall–Kier alpha value is -1.77. The maximum atomic E-state index is 12.0. The molecule has 1 heterocycles. The first-order valence-corrected chi connectivity index (χ1v) is 5.57. The number of fused-ring (bicyclic) bond motifs is 1. The number of carbonyl (C=O) groups excluding carboxylic acids is 1. The molecule has 0 saturated carbocycles. The fraction of sp³-hybridized carbons (Fsp3) is 0.357. The van der Waals surface area contributed by atoms with Crippen LogP contribution in [0.5, 0.6) is 5.75 Å². The van der Waals surface area contributed by atoms with Crippen LogP contribution in [0.25, 0.3) is 0 Å². The van der Waals surface area contributed by atoms with Crippen LogP contribution in [0.4, 0.5) is 0 Å². The van der Waals surface area contributed by atoms with Crippen molar-refractivity contribution >= 4 is 5.97 Å². The Morgan fingerprint density at radius 3 is 3.00 bits per heavy atom. The second-order valence-corrected chi connectivity index (χ2v) is 4.42. The van der Waals surface area contributed by atoms with Crippen molar-refractivity contribution in [2.75, 3.05) is 7.11 Å². The highest BCUT2D eigenvalue weighted by Crippen LogP contribution is 2.38. The largest absolute Gasteiger partial charge is 0.497 e. The molecule has 0 fully saturated rings. The van der Waals surface area contributed by atoms with E-state index in [1.54, 1.807) is 13.2 Å². The van der Waals surface area contributed by atoms with E-state index in [1.165, 1.54) is 0 Å². The monoisotopic (exact) mass is 232 g/mol. The molecule has 0 spiro atoms. The third kappa shape index (κ3) is 1.82. The van der Waals surface area contributed by atoms with Gasteiger partial charge in [-0.2, -0.15) is 0 Å². The van der Waals surface area contributed by atoms with Gasteiger partial charge in [-0.15, -0.1) is 6.58 Å². The van der Waals surface area contributed by atoms with Crippen LogP contribution >= 0.6 is 0 Å². The van der Waals surface area contributed by atoms with Gasteiger partial charge in [-0.3, -0.25) is 4.79 Å². The van der Waals surface area contributed by atoms with Crippen LogP contribution in [0, 0.1) is 0 Å². The molecule has 1 aromatic carbocycles. The number of hydrogen-bond acceptors (Lipinski definition) is 3. The van der Waals surface area contributed by atoms with Crippen LogP contribution in [-0.4, -0.2) is 13.1 Å². The highest BCUT2D eigenvalue weighted by Gasteiger charge is 2.40. The molecule has 3 heteroatoms. The quantitative estimate of drug-likeness (QED) is 0.593. The molecule has 0 aromatic heterocycles. The highest BCUT2D eigenvalue weighted by molar-refractivity contribution is 5.85. The van der Waals surface area contributed by atoms with E-state index in [2.05, 4.69) is 6.58 Å². The third-order valence-electron chi connectivity index (χ3n) is 3.27. The lowest BCUT2D eigenvalue weighted by Gasteiger charge is -2.33. The lowest BCUT2D eigenvalue weighted by atomic mass is 9.76. The number of rotatable bonds is 3. The molecule has 0 aliphatic carbocycles. The van der Waals surface area contributed by atoms with Gasteiger partial charge in [0.2, 0.25) is 0 Å². The van der Waals surface area contributed by atoms with Crippen molar-refractivity contribution in [2.45, 2.75) is 25.4 Å². The van der Waals surface area contributed by atoms with Crippen molar-refractivity contribution in [1.82, 2.24) is 0 Å². The fourth-order valence-corrected chi connectivity index (χ4v) is 2.22. The highest BCUT2D eigenvalue weighted by atomic mass is 16.5. The molecule has 1 aliphatic heterocycles. The molecule has 2 rings (SSSR count). The average Bonchev–Trinajstić information content (AvgIpc) is 2.34. The van der Waals surface area contributed by atoms with E-state index in [1.807, 2.05) is 25.1 Å². The molecule has 0 N–H and O–H groups in total. The van der Waals surface area contributed by atoms with Crippen LogP contribution in [-0.2, 0) is 21.6 Å². The Labute approximate surface area is 101 Å². The summed E-state index contributed by atoms with van der Waals surface area (Å²) in [5, 5.41) is 0. The van der Waals surface area contributed by atoms with Gasteiger partial charge in [0, 0.05) is 0 Å². The zero-order valence-corrected chi connectivity index (χ0v) is 10.2. The second kappa shape index (κ2) is 4.24. The number of methoxy groups -OCH3 is 1. The Morgan fingerprint density at radius 1 is 1.59 bits per heavy atom. The normalized spacial score (nSPS) is 22.6. The van der Waals surface area contributed by atoms with Gasteiger partial charge in [-0.05, 0) is 36.6 Å². The van der Waals surface area contributed by atoms with Gasteiger partial charge in [0.1, 0.15) is 12.4 Å². The number of cyclic esters (lactones) is 1. The third-order valence-corrected chi connectivity index (χ3v) is 3.27. The minimum Gasteiger partial charge on any atom is -0.497 e. The summed E-state index contributed by atoms with van der Waals surface area (Å²) in [6, 6.07) is 5.74. The van der Waals surface area contributed by atoms with Crippen molar-refractivity contribution in [3.63, 3.8) is 0 Å². The Bertz CT molecular complexity index is 465. The van der Waals surface area contributed by atoms with E-state index in [0.29, 0.717) is 13.0 Å². The number of allylic oxidation sites excluding steroid dienone is 1. The molecule has 1 aromatic rings. The molecule has 0 bridgehead atoms. The number of ether oxygens (including phenoxy) is 2. The zero-order valence-electron chi connectivity index (χ0n) is 10.2. The molecule has 0 radical (unpaired) electrons. The summed E-state index contributed by atoms with van der Waals surface area (Å²) in [6.07, 6.45) is 2.31. The summed E-state index contributed by atoms with van der Waals surface area (Å²) < 4.78 is 10.4. The predicted molar refractivity (Wildman–Crippen MR) is 65.0 cm³/mol. The Kier molecular flexibility index (Phi) is 2.92. The van der Waals surface area contributed by atoms with Gasteiger partial charge >= 0.3 is 5.97 Å². The molecular weight excluding hydrogens is 216 g/mol. The Balaban J connectivity index is 2.56. The number of esters is 1. The fourth-order valence-electron chi connectivity index (χ4n) is 2.22. The topological polar surface area (TPSA) is 35.5 Å². The molecular formula is C14H16O3. The molecule has 17 heavy (non-hydrogen) atoms. The van der Waals surface area contributed by atoms with Crippen LogP contribution in [0.3, 0.4) is 0 Å². The van der Waals surface area contributed by atoms with Gasteiger partial charge < -0.3 is 9.47 Å². The van der Waals surface area contributed by atoms with Crippen molar-refractivity contribution < 1.29 is 14.3 Å². The molecule has 0 amide bonds. The second-order valence-electron chi connectivity index (χ2n) is 4.42. The maximum absolute atomic E-state index is 12.0. The summed E-state index contributed by atoms with van der Waals surface area (Å²) in [5.41, 5.74) is 1.37. The van der Waals surface area contributed by atoms with Crippen LogP contribution in [0.1, 0.15) is 24.5 Å². The summed E-state index contributed by atoms with van der Waals surface area (Å²) in [6.45, 7) is 5.93. The van der Waals surface area contributed by atoms with Crippen molar-refractivity contribution in [3.05, 3.63) is 42.0 Å². The van der Waals surface area contributed by atoms with Gasteiger partial charge in [-0.25, -0.2) is 0 Å². The summed E-state index contributed by atoms with van der Waals surface area (Å²) in [7, 11) is 1.62. The first-order valence-electron chi connectivity index (χ1n) is 5.57. The number of carbonyl (C=O) groups is 1. The smallest absolute Gasteiger partial charge is 0.316 e. The van der Waals surface area contributed by atoms with Crippen molar-refractivity contribution in [2.24, 2.45) is 0 Å². The van der Waals surface area contributed by atoms with E-state index >= 15 is 0 Å². The molecule has 1 aliphatic rings. The van der Waals surface area contributed by atoms with E-state index in [4.69, 9.17) is 9.47 Å². The zero-order chi connectivity index (χ0) is 12.5. The lowest BCUT2D eigenvalue weighted by Crippen LogP contribution is -2.38. The van der Waals surface area contributed by atoms with E-state index in [9.17, 15) is 4.79 Å². The van der Waals surface area contributed by atoms with E-state index < -0.39 is 5.41 Å². The van der Waals surface area contributed by atoms with Gasteiger partial charge in [0.25, 0.3) is 0 Å². The minimum absolute atomic E-state index is 0.196. The van der Waals surface area contributed by atoms with Gasteiger partial charge in [0.15, 0.2) is 0 Å². The SMILES string of the molecule is C=CCC1(C)C(=O)OCc2ccc(OC)cc21. The molecule has 1 unspecified atom stereocenters. The Morgan fingerprint density at radius 2 is 2.35 bits per heavy atom. The molecule has 3 nitrogen and oxygen atoms in total. The van der Waals surface area contributed by atoms with Crippen LogP contribution in [0.2, 0.25) is 0 Å². The standard InChI is InChI=1S/C14H16O3/c1-4-7-14(2)12-8-11(16-3)6-5-10(12)9-17-13(14)15/h4-6,8H,1,7,9H2,2-3H3. The summed E-state index contributed by atoms with van der Waals surface area (Å²) >= 11 is 0. The summed E-state index contributed by atoms with van der Waals surface area (Å²) in [5.74, 6) is 0.562. The molecule has 90 valence electrons. The first kappa shape index (κ1) is 11.7. The maximum Gasteiger partial charge on any atom is 0.316 e. The van der Waals surface area contributed by atoms with E-state index in [-0.39, 0.29) is 5.97 Å². The number of benzene rings is 1. The van der Waals surface area contributed by atoms with Crippen molar-refractivity contribution in [3.8, 4) is 5.75 Å². The summed E-state index contributed by atoms with van der Waals surface area (Å²) in [4.78, 5) is 12.0. The average molecular weight is 232 g/mol. The molecule has 0 saturated heterocycles. The first-order chi connectivity index (χ1) is 8.11. The van der Waals surface area contributed by atoms with E-state index in [0.717, 1.165) is 16.9 Å². The predicted octanol–water partition coefficient (Wildman–Crippen LogP) is 2.59.